The highest BCUT2D eigenvalue weighted by molar-refractivity contribution is 9.10. The molecule has 0 unspecified atom stereocenters. The summed E-state index contributed by atoms with van der Waals surface area (Å²) in [6.07, 6.45) is 0. The molecule has 0 bridgehead atoms. The van der Waals surface area contributed by atoms with Gasteiger partial charge in [-0.15, -0.1) is 0 Å². The largest absolute Gasteiger partial charge is 0.486 e. The van der Waals surface area contributed by atoms with Crippen LogP contribution in [-0.2, 0) is 0 Å². The van der Waals surface area contributed by atoms with Crippen molar-refractivity contribution in [3.05, 3.63) is 22.4 Å². The number of hydrogen-bond donors (Lipinski definition) is 1. The van der Waals surface area contributed by atoms with Gasteiger partial charge in [0.1, 0.15) is 17.2 Å². The summed E-state index contributed by atoms with van der Waals surface area (Å²) in [7, 11) is 0. The van der Waals surface area contributed by atoms with Crippen molar-refractivity contribution in [2.75, 3.05) is 5.73 Å². The van der Waals surface area contributed by atoms with Crippen molar-refractivity contribution in [1.29, 1.82) is 0 Å². The molecule has 0 aliphatic carbocycles. The number of hydrogen-bond acceptors (Lipinski definition) is 2. The number of halogens is 2. The Morgan fingerprint density at radius 3 is 2.43 bits per heavy atom. The van der Waals surface area contributed by atoms with Crippen LogP contribution >= 0.6 is 15.9 Å². The van der Waals surface area contributed by atoms with Gasteiger partial charge in [-0.2, -0.15) is 0 Å². The van der Waals surface area contributed by atoms with E-state index in [4.69, 9.17) is 10.5 Å². The SMILES string of the molecule is CC(C)(C)Oc1cc(F)c(Br)cc1N. The lowest BCUT2D eigenvalue weighted by Gasteiger charge is -2.22. The molecule has 0 aliphatic heterocycles. The first-order valence-electron chi connectivity index (χ1n) is 4.23. The van der Waals surface area contributed by atoms with Crippen molar-refractivity contribution >= 4 is 21.6 Å². The molecule has 0 saturated heterocycles. The normalized spacial score (nSPS) is 11.5. The monoisotopic (exact) mass is 261 g/mol. The highest BCUT2D eigenvalue weighted by Gasteiger charge is 2.15. The number of ether oxygens (including phenoxy) is 1. The molecular formula is C10H13BrFNO. The van der Waals surface area contributed by atoms with Crippen LogP contribution in [0.15, 0.2) is 16.6 Å². The minimum atomic E-state index is -0.381. The first-order valence-corrected chi connectivity index (χ1v) is 5.02. The Morgan fingerprint density at radius 1 is 1.36 bits per heavy atom. The fourth-order valence-corrected chi connectivity index (χ4v) is 1.32. The van der Waals surface area contributed by atoms with E-state index < -0.39 is 0 Å². The van der Waals surface area contributed by atoms with Crippen LogP contribution in [0.5, 0.6) is 5.75 Å². The molecule has 0 fully saturated rings. The standard InChI is InChI=1S/C10H13BrFNO/c1-10(2,3)14-9-5-7(12)6(11)4-8(9)13/h4-5H,13H2,1-3H3. The smallest absolute Gasteiger partial charge is 0.145 e. The van der Waals surface area contributed by atoms with Gasteiger partial charge in [0.25, 0.3) is 0 Å². The average Bonchev–Trinajstić information content (AvgIpc) is 1.97. The van der Waals surface area contributed by atoms with E-state index in [0.29, 0.717) is 15.9 Å². The second-order valence-corrected chi connectivity index (χ2v) is 4.87. The van der Waals surface area contributed by atoms with Gasteiger partial charge in [-0.3, -0.25) is 0 Å². The van der Waals surface area contributed by atoms with E-state index in [-0.39, 0.29) is 11.4 Å². The van der Waals surface area contributed by atoms with Gasteiger partial charge in [0.15, 0.2) is 0 Å². The maximum absolute atomic E-state index is 13.2. The molecule has 0 saturated carbocycles. The molecule has 0 radical (unpaired) electrons. The third-order valence-electron chi connectivity index (χ3n) is 1.47. The molecule has 14 heavy (non-hydrogen) atoms. The molecule has 0 aliphatic rings. The molecule has 1 aromatic rings. The zero-order valence-corrected chi connectivity index (χ0v) is 9.98. The van der Waals surface area contributed by atoms with Crippen LogP contribution in [0.3, 0.4) is 0 Å². The number of rotatable bonds is 1. The van der Waals surface area contributed by atoms with Gasteiger partial charge in [-0.05, 0) is 42.8 Å². The lowest BCUT2D eigenvalue weighted by atomic mass is 10.2. The van der Waals surface area contributed by atoms with Gasteiger partial charge in [0.2, 0.25) is 0 Å². The maximum atomic E-state index is 13.2. The summed E-state index contributed by atoms with van der Waals surface area (Å²) in [4.78, 5) is 0. The first-order chi connectivity index (χ1) is 6.29. The number of nitrogens with two attached hydrogens (primary N) is 1. The molecule has 0 spiro atoms. The summed E-state index contributed by atoms with van der Waals surface area (Å²) in [5.74, 6) is -0.00310. The average molecular weight is 262 g/mol. The van der Waals surface area contributed by atoms with Crippen molar-refractivity contribution in [1.82, 2.24) is 0 Å². The van der Waals surface area contributed by atoms with E-state index in [1.807, 2.05) is 20.8 Å². The van der Waals surface area contributed by atoms with Crippen molar-refractivity contribution in [3.8, 4) is 5.75 Å². The van der Waals surface area contributed by atoms with Gasteiger partial charge in [0.05, 0.1) is 10.2 Å². The summed E-state index contributed by atoms with van der Waals surface area (Å²) in [5, 5.41) is 0. The lowest BCUT2D eigenvalue weighted by Crippen LogP contribution is -2.23. The fourth-order valence-electron chi connectivity index (χ4n) is 0.962. The third-order valence-corrected chi connectivity index (χ3v) is 2.08. The van der Waals surface area contributed by atoms with Crippen LogP contribution in [-0.4, -0.2) is 5.60 Å². The molecule has 0 amide bonds. The Bertz CT molecular complexity index is 347. The van der Waals surface area contributed by atoms with Gasteiger partial charge in [-0.25, -0.2) is 4.39 Å². The van der Waals surface area contributed by atoms with Gasteiger partial charge in [-0.1, -0.05) is 0 Å². The van der Waals surface area contributed by atoms with Crippen LogP contribution in [0.2, 0.25) is 0 Å². The minimum absolute atomic E-state index is 0.344. The number of anilines is 1. The van der Waals surface area contributed by atoms with E-state index in [1.165, 1.54) is 12.1 Å². The molecule has 0 aromatic heterocycles. The van der Waals surface area contributed by atoms with Crippen molar-refractivity contribution in [3.63, 3.8) is 0 Å². The van der Waals surface area contributed by atoms with Crippen molar-refractivity contribution < 1.29 is 9.13 Å². The molecule has 78 valence electrons. The molecule has 0 heterocycles. The number of benzene rings is 1. The molecule has 4 heteroatoms. The summed E-state index contributed by atoms with van der Waals surface area (Å²) in [6, 6.07) is 2.78. The lowest BCUT2D eigenvalue weighted by molar-refractivity contribution is 0.131. The Hall–Kier alpha value is -0.770. The van der Waals surface area contributed by atoms with E-state index in [1.54, 1.807) is 0 Å². The van der Waals surface area contributed by atoms with Crippen LogP contribution in [0.25, 0.3) is 0 Å². The zero-order chi connectivity index (χ0) is 10.9. The van der Waals surface area contributed by atoms with Crippen LogP contribution in [0.4, 0.5) is 10.1 Å². The molecule has 2 nitrogen and oxygen atoms in total. The molecule has 2 N–H and O–H groups in total. The molecule has 1 aromatic carbocycles. The first kappa shape index (κ1) is 11.3. The minimum Gasteiger partial charge on any atom is -0.486 e. The van der Waals surface area contributed by atoms with Crippen LogP contribution in [0, 0.1) is 5.82 Å². The van der Waals surface area contributed by atoms with E-state index in [9.17, 15) is 4.39 Å². The van der Waals surface area contributed by atoms with E-state index in [0.717, 1.165) is 0 Å². The predicted molar refractivity (Wildman–Crippen MR) is 58.9 cm³/mol. The highest BCUT2D eigenvalue weighted by Crippen LogP contribution is 2.30. The van der Waals surface area contributed by atoms with Gasteiger partial charge < -0.3 is 10.5 Å². The summed E-state index contributed by atoms with van der Waals surface area (Å²) in [5.41, 5.74) is 5.72. The topological polar surface area (TPSA) is 35.2 Å². The van der Waals surface area contributed by atoms with Crippen LogP contribution < -0.4 is 10.5 Å². The Kier molecular flexibility index (Phi) is 3.04. The van der Waals surface area contributed by atoms with Crippen molar-refractivity contribution in [2.45, 2.75) is 26.4 Å². The highest BCUT2D eigenvalue weighted by atomic mass is 79.9. The maximum Gasteiger partial charge on any atom is 0.145 e. The predicted octanol–water partition coefficient (Wildman–Crippen LogP) is 3.35. The molecule has 1 rings (SSSR count). The summed E-state index contributed by atoms with van der Waals surface area (Å²) >= 11 is 3.05. The van der Waals surface area contributed by atoms with E-state index >= 15 is 0 Å². The quantitative estimate of drug-likeness (QED) is 0.788. The summed E-state index contributed by atoms with van der Waals surface area (Å²) in [6.45, 7) is 5.64. The molecular weight excluding hydrogens is 249 g/mol. The summed E-state index contributed by atoms with van der Waals surface area (Å²) < 4.78 is 19.0. The Morgan fingerprint density at radius 2 is 1.93 bits per heavy atom. The second kappa shape index (κ2) is 3.77. The fraction of sp³-hybridized carbons (Fsp3) is 0.400. The third kappa shape index (κ3) is 2.87. The Labute approximate surface area is 91.4 Å². The second-order valence-electron chi connectivity index (χ2n) is 4.02. The van der Waals surface area contributed by atoms with E-state index in [2.05, 4.69) is 15.9 Å². The number of nitrogen functional groups attached to an aromatic ring is 1. The zero-order valence-electron chi connectivity index (χ0n) is 8.40. The van der Waals surface area contributed by atoms with Crippen LogP contribution in [0.1, 0.15) is 20.8 Å². The van der Waals surface area contributed by atoms with Gasteiger partial charge >= 0.3 is 0 Å². The molecule has 0 atom stereocenters. The Balaban J connectivity index is 3.04. The van der Waals surface area contributed by atoms with Crippen molar-refractivity contribution in [2.24, 2.45) is 0 Å². The van der Waals surface area contributed by atoms with Gasteiger partial charge in [0, 0.05) is 6.07 Å².